The Balaban J connectivity index is 1.31. The lowest BCUT2D eigenvalue weighted by molar-refractivity contribution is 0.547. The lowest BCUT2D eigenvalue weighted by Gasteiger charge is -2.38. The van der Waals surface area contributed by atoms with Gasteiger partial charge in [0.2, 0.25) is 0 Å². The highest BCUT2D eigenvalue weighted by Gasteiger charge is 2.43. The Bertz CT molecular complexity index is 4350. The van der Waals surface area contributed by atoms with E-state index in [-0.39, 0.29) is 22.2 Å². The number of unbranched alkanes of at least 4 members (excludes halogenated alkanes) is 10. The van der Waals surface area contributed by atoms with Gasteiger partial charge < -0.3 is 0 Å². The average molecular weight is 1200 g/mol. The fourth-order valence-corrected chi connectivity index (χ4v) is 25.5. The molecule has 9 aromatic rings. The molecule has 2 heterocycles. The molecule has 0 atom stereocenters. The molecule has 2 aromatic heterocycles. The molecular formula is C80H92N2O4Si2. The molecule has 0 spiro atoms. The monoisotopic (exact) mass is 1200 g/mol. The van der Waals surface area contributed by atoms with Gasteiger partial charge in [-0.25, -0.2) is 0 Å². The molecule has 454 valence electrons. The lowest BCUT2D eigenvalue weighted by Crippen LogP contribution is -2.43. The van der Waals surface area contributed by atoms with Crippen LogP contribution in [-0.2, 0) is 13.1 Å². The van der Waals surface area contributed by atoms with Gasteiger partial charge in [-0.15, -0.1) is 11.1 Å². The summed E-state index contributed by atoms with van der Waals surface area (Å²) in [5.74, 6) is 22.2. The quantitative estimate of drug-likeness (QED) is 0.0330. The Morgan fingerprint density at radius 3 is 0.852 bits per heavy atom. The largest absolute Gasteiger partial charge is 0.274 e. The van der Waals surface area contributed by atoms with Crippen LogP contribution in [-0.4, -0.2) is 25.3 Å². The van der Waals surface area contributed by atoms with Crippen molar-refractivity contribution < 1.29 is 0 Å². The van der Waals surface area contributed by atoms with Gasteiger partial charge in [0.1, 0.15) is 16.1 Å². The Labute approximate surface area is 525 Å². The first kappa shape index (κ1) is 65.0. The summed E-state index contributed by atoms with van der Waals surface area (Å²) in [6.45, 7) is 33.0. The zero-order valence-electron chi connectivity index (χ0n) is 55.1. The summed E-state index contributed by atoms with van der Waals surface area (Å²) >= 11 is 0. The van der Waals surface area contributed by atoms with Gasteiger partial charge in [-0.05, 0) is 104 Å². The molecule has 0 aliphatic carbocycles. The van der Waals surface area contributed by atoms with Crippen LogP contribution >= 0.6 is 0 Å². The van der Waals surface area contributed by atoms with Gasteiger partial charge in [0, 0.05) is 68.0 Å². The molecule has 0 bridgehead atoms. The highest BCUT2D eigenvalue weighted by molar-refractivity contribution is 6.91. The van der Waals surface area contributed by atoms with Crippen LogP contribution in [0.1, 0.15) is 207 Å². The predicted molar refractivity (Wildman–Crippen MR) is 382 cm³/mol. The molecule has 0 saturated carbocycles. The molecule has 0 aliphatic rings. The maximum atomic E-state index is 14.7. The molecule has 0 fully saturated rings. The highest BCUT2D eigenvalue weighted by atomic mass is 28.3. The number of aromatic nitrogens is 2. The number of nitrogens with zero attached hydrogens (tertiary/aromatic N) is 2. The smallest absolute Gasteiger partial charge is 0.261 e. The minimum Gasteiger partial charge on any atom is -0.274 e. The van der Waals surface area contributed by atoms with E-state index in [0.717, 1.165) is 102 Å². The van der Waals surface area contributed by atoms with Crippen LogP contribution in [0.4, 0.5) is 0 Å². The summed E-state index contributed by atoms with van der Waals surface area (Å²) in [7, 11) is -4.45. The lowest BCUT2D eigenvalue weighted by atomic mass is 9.89. The van der Waals surface area contributed by atoms with E-state index in [2.05, 4.69) is 192 Å². The van der Waals surface area contributed by atoms with Crippen LogP contribution in [0.2, 0.25) is 33.2 Å². The van der Waals surface area contributed by atoms with E-state index in [1.54, 1.807) is 0 Å². The third kappa shape index (κ3) is 12.3. The second kappa shape index (κ2) is 27.9. The van der Waals surface area contributed by atoms with Gasteiger partial charge in [-0.1, -0.05) is 257 Å². The van der Waals surface area contributed by atoms with E-state index in [0.29, 0.717) is 106 Å². The summed E-state index contributed by atoms with van der Waals surface area (Å²) in [4.78, 5) is 58.6. The van der Waals surface area contributed by atoms with Crippen molar-refractivity contribution in [3.63, 3.8) is 0 Å². The topological polar surface area (TPSA) is 78.1 Å². The Morgan fingerprint density at radius 1 is 0.307 bits per heavy atom. The maximum absolute atomic E-state index is 14.7. The van der Waals surface area contributed by atoms with E-state index in [9.17, 15) is 19.2 Å². The van der Waals surface area contributed by atoms with Crippen molar-refractivity contribution in [3.05, 3.63) is 172 Å². The molecule has 0 aliphatic heterocycles. The van der Waals surface area contributed by atoms with Crippen molar-refractivity contribution in [2.24, 2.45) is 0 Å². The van der Waals surface area contributed by atoms with Gasteiger partial charge >= 0.3 is 0 Å². The average Bonchev–Trinajstić information content (AvgIpc) is 1.44. The second-order valence-electron chi connectivity index (χ2n) is 26.9. The molecule has 0 N–H and O–H groups in total. The summed E-state index contributed by atoms with van der Waals surface area (Å²) in [5.41, 5.74) is 13.9. The minimum atomic E-state index is -2.38. The first-order valence-electron chi connectivity index (χ1n) is 33.2. The molecule has 0 saturated heterocycles. The van der Waals surface area contributed by atoms with Crippen molar-refractivity contribution in [2.45, 2.75) is 220 Å². The Kier molecular flexibility index (Phi) is 20.6. The van der Waals surface area contributed by atoms with Crippen molar-refractivity contribution in [1.82, 2.24) is 9.13 Å². The second-order valence-corrected chi connectivity index (χ2v) is 38.0. The van der Waals surface area contributed by atoms with E-state index in [1.807, 2.05) is 48.5 Å². The molecule has 88 heavy (non-hydrogen) atoms. The zero-order valence-corrected chi connectivity index (χ0v) is 57.1. The van der Waals surface area contributed by atoms with Gasteiger partial charge in [-0.2, -0.15) is 0 Å². The van der Waals surface area contributed by atoms with Gasteiger partial charge in [0.15, 0.2) is 0 Å². The standard InChI is InChI=1S/C80H92N2O4Si2/c1-15-17-19-21-23-31-45-81-77(83)73-49-69-66(42-40-60-34-26-25-33-59(60)39-41-65-61-35-27-29-37-63(61)67(64-38-30-28-36-62(64)65)43-47-87(53(3)4,54(5)6)55(7)8)70-50-74-76(80(86)82(78(74)84)46-32-24-22-20-18-16-2)52-72(70)68(71(69)51-75(73)79(81)85)44-48-88(56(9)10,57(11)12)58(13)14/h25-30,33-38,49-58H,15-24,31-32,45-46H2,1-14H3. The first-order chi connectivity index (χ1) is 42.2. The van der Waals surface area contributed by atoms with E-state index in [1.165, 1.54) is 22.0 Å². The maximum Gasteiger partial charge on any atom is 0.261 e. The van der Waals surface area contributed by atoms with E-state index >= 15 is 0 Å². The molecule has 7 aromatic carbocycles. The molecule has 0 unspecified atom stereocenters. The summed E-state index contributed by atoms with van der Waals surface area (Å²) in [6.07, 6.45) is 12.3. The SMILES string of the molecule is CCCCCCCCn1c(=O)c2cc3c(C#Cc4ccccc4C#Cc4c5ccccc5c(C#C[Si](C(C)C)(C(C)C)C(C)C)c5ccccc45)c4cc5c(=O)n(CCCCCCCC)c(=O)c5cc4c(C#C[Si](C(C)C)(C(C)C)C(C)C)c3cc2c1=O. The minimum absolute atomic E-state index is 0.305. The molecule has 0 amide bonds. The predicted octanol–water partition coefficient (Wildman–Crippen LogP) is 19.2. The highest BCUT2D eigenvalue weighted by Crippen LogP contribution is 2.44. The Morgan fingerprint density at radius 2 is 0.557 bits per heavy atom. The Hall–Kier alpha value is -7.47. The third-order valence-electron chi connectivity index (χ3n) is 19.8. The third-order valence-corrected chi connectivity index (χ3v) is 32.4. The summed E-state index contributed by atoms with van der Waals surface area (Å²) < 4.78 is 2.83. The van der Waals surface area contributed by atoms with Crippen molar-refractivity contribution in [2.75, 3.05) is 0 Å². The normalized spacial score (nSPS) is 12.1. The molecule has 9 rings (SSSR count). The summed E-state index contributed by atoms with van der Waals surface area (Å²) in [5, 5.41) is 8.32. The van der Waals surface area contributed by atoms with Crippen molar-refractivity contribution in [1.29, 1.82) is 0 Å². The van der Waals surface area contributed by atoms with E-state index < -0.39 is 16.1 Å². The van der Waals surface area contributed by atoms with Crippen LogP contribution in [0.5, 0.6) is 0 Å². The molecule has 8 heteroatoms. The number of fused-ring (bicyclic) bond motifs is 6. The van der Waals surface area contributed by atoms with Crippen LogP contribution in [0.15, 0.2) is 116 Å². The van der Waals surface area contributed by atoms with Gasteiger partial charge in [0.25, 0.3) is 22.2 Å². The number of rotatable bonds is 20. The fourth-order valence-electron chi connectivity index (χ4n) is 15.1. The van der Waals surface area contributed by atoms with Crippen LogP contribution in [0, 0.1) is 46.6 Å². The summed E-state index contributed by atoms with van der Waals surface area (Å²) in [6, 6.07) is 32.4. The molecular weight excluding hydrogens is 1110 g/mol. The van der Waals surface area contributed by atoms with E-state index in [4.69, 9.17) is 0 Å². The van der Waals surface area contributed by atoms with Gasteiger partial charge in [-0.3, -0.25) is 28.3 Å². The molecule has 6 nitrogen and oxygen atoms in total. The van der Waals surface area contributed by atoms with Crippen LogP contribution in [0.25, 0.3) is 64.6 Å². The fraction of sp³-hybridized carbons (Fsp3) is 0.425. The van der Waals surface area contributed by atoms with Crippen molar-refractivity contribution in [3.8, 4) is 46.6 Å². The molecule has 0 radical (unpaired) electrons. The van der Waals surface area contributed by atoms with Gasteiger partial charge in [0.05, 0.1) is 21.5 Å². The number of hydrogen-bond donors (Lipinski definition) is 0. The zero-order chi connectivity index (χ0) is 63.2. The first-order valence-corrected chi connectivity index (χ1v) is 37.7. The number of hydrogen-bond acceptors (Lipinski definition) is 4. The van der Waals surface area contributed by atoms with Crippen LogP contribution < -0.4 is 22.2 Å². The number of benzene rings is 7. The van der Waals surface area contributed by atoms with Crippen molar-refractivity contribution >= 4 is 80.8 Å². The van der Waals surface area contributed by atoms with Crippen LogP contribution in [0.3, 0.4) is 0 Å².